The Morgan fingerprint density at radius 1 is 0.474 bits per heavy atom. The number of allylic oxidation sites excluding steroid dienone is 13. The van der Waals surface area contributed by atoms with Crippen molar-refractivity contribution in [3.63, 3.8) is 0 Å². The van der Waals surface area contributed by atoms with Crippen LogP contribution in [-0.2, 0) is 27.9 Å². The van der Waals surface area contributed by atoms with Crippen molar-refractivity contribution in [2.24, 2.45) is 0 Å². The van der Waals surface area contributed by atoms with Crippen LogP contribution in [0.1, 0.15) is 284 Å². The fourth-order valence-electron chi connectivity index (χ4n) is 9.12. The smallest absolute Gasteiger partial charge is 0.456 e. The fraction of sp³-hybridized carbons (Fsp3) is 0.765. The molecule has 0 heterocycles. The summed E-state index contributed by atoms with van der Waals surface area (Å²) in [6.07, 6.45) is 76.0. The Kier molecular flexibility index (Phi) is 55.4. The van der Waals surface area contributed by atoms with E-state index in [2.05, 4.69) is 99.0 Å². The van der Waals surface area contributed by atoms with E-state index >= 15 is 0 Å². The van der Waals surface area contributed by atoms with Crippen molar-refractivity contribution in [3.8, 4) is 0 Å². The number of phosphoric acid groups is 1. The lowest BCUT2D eigenvalue weighted by molar-refractivity contribution is -0.870. The van der Waals surface area contributed by atoms with Crippen LogP contribution >= 0.6 is 7.82 Å². The number of carbonyl (C=O) groups is 2. The van der Waals surface area contributed by atoms with Crippen LogP contribution in [0, 0.1) is 0 Å². The van der Waals surface area contributed by atoms with Gasteiger partial charge in [-0.15, -0.1) is 0 Å². The zero-order chi connectivity index (χ0) is 57.2. The highest BCUT2D eigenvalue weighted by Gasteiger charge is 2.30. The number of nitrogens with zero attached hydrogens (tertiary/aromatic N) is 1. The lowest BCUT2D eigenvalue weighted by Crippen LogP contribution is -2.47. The number of rotatable bonds is 58. The first-order valence-electron chi connectivity index (χ1n) is 32.4. The molecule has 3 atom stereocenters. The minimum Gasteiger partial charge on any atom is -0.456 e. The first-order chi connectivity index (χ1) is 37.9. The number of nitrogens with one attached hydrogen (secondary N) is 1. The molecule has 78 heavy (non-hydrogen) atoms. The maximum Gasteiger partial charge on any atom is 0.472 e. The van der Waals surface area contributed by atoms with Crippen LogP contribution in [-0.4, -0.2) is 74.3 Å². The predicted octanol–water partition coefficient (Wildman–Crippen LogP) is 20.2. The normalized spacial score (nSPS) is 14.2. The number of hydrogen-bond donors (Lipinski definition) is 2. The van der Waals surface area contributed by atoms with Crippen molar-refractivity contribution in [1.29, 1.82) is 0 Å². The summed E-state index contributed by atoms with van der Waals surface area (Å²) < 4.78 is 30.7. The van der Waals surface area contributed by atoms with Crippen molar-refractivity contribution in [2.75, 3.05) is 40.9 Å². The summed E-state index contributed by atoms with van der Waals surface area (Å²) in [5.74, 6) is -0.528. The second kappa shape index (κ2) is 57.4. The number of quaternary nitrogens is 1. The molecular weight excluding hydrogens is 988 g/mol. The molecule has 1 amide bonds. The topological polar surface area (TPSA) is 111 Å². The van der Waals surface area contributed by atoms with Gasteiger partial charge in [0.25, 0.3) is 0 Å². The summed E-state index contributed by atoms with van der Waals surface area (Å²) in [6.45, 7) is 6.84. The van der Waals surface area contributed by atoms with Crippen LogP contribution in [0.5, 0.6) is 0 Å². The molecule has 9 nitrogen and oxygen atoms in total. The summed E-state index contributed by atoms with van der Waals surface area (Å²) in [5, 5.41) is 3.04. The molecule has 0 aliphatic carbocycles. The van der Waals surface area contributed by atoms with Crippen molar-refractivity contribution < 1.29 is 37.3 Å². The number of ether oxygens (including phenoxy) is 1. The highest BCUT2D eigenvalue weighted by molar-refractivity contribution is 7.47. The summed E-state index contributed by atoms with van der Waals surface area (Å²) in [7, 11) is 1.48. The average Bonchev–Trinajstić information content (AvgIpc) is 3.40. The van der Waals surface area contributed by atoms with Gasteiger partial charge in [0, 0.05) is 12.8 Å². The van der Waals surface area contributed by atoms with Gasteiger partial charge in [-0.2, -0.15) is 0 Å². The van der Waals surface area contributed by atoms with Crippen molar-refractivity contribution >= 4 is 19.7 Å². The summed E-state index contributed by atoms with van der Waals surface area (Å²) in [6, 6.07) is -0.862. The zero-order valence-corrected chi connectivity index (χ0v) is 52.5. The van der Waals surface area contributed by atoms with E-state index in [1.54, 1.807) is 0 Å². The van der Waals surface area contributed by atoms with Crippen LogP contribution in [0.2, 0.25) is 0 Å². The summed E-state index contributed by atoms with van der Waals surface area (Å²) in [5.41, 5.74) is 0. The average molecular weight is 1110 g/mol. The van der Waals surface area contributed by atoms with Crippen LogP contribution in [0.25, 0.3) is 0 Å². The van der Waals surface area contributed by atoms with Crippen molar-refractivity contribution in [1.82, 2.24) is 5.32 Å². The van der Waals surface area contributed by atoms with Gasteiger partial charge in [-0.3, -0.25) is 18.6 Å². The molecule has 10 heteroatoms. The van der Waals surface area contributed by atoms with E-state index in [-0.39, 0.29) is 31.5 Å². The predicted molar refractivity (Wildman–Crippen MR) is 337 cm³/mol. The summed E-state index contributed by atoms with van der Waals surface area (Å²) >= 11 is 0. The minimum atomic E-state index is -4.46. The van der Waals surface area contributed by atoms with Crippen LogP contribution in [0.4, 0.5) is 0 Å². The van der Waals surface area contributed by atoms with E-state index in [1.165, 1.54) is 154 Å². The standard InChI is InChI=1S/C68H123N2O7P/c1-7-10-13-16-19-22-25-28-29-30-31-32-33-34-35-36-37-38-39-40-41-43-46-49-52-55-58-61-68(72)77-66(59-56-53-50-47-44-27-24-21-18-15-12-9-3)65(64-76-78(73,74)75-63-62-70(4,5)6)69-67(71)60-57-54-51-48-45-42-26-23-20-17-14-11-8-2/h11,14,17,19-20,22-23,26,28-29,31-32,56,59,65-66H,7-10,12-13,15-16,18,21,24-25,27,30,33-55,57-58,60-64H2,1-6H3,(H-,69,71,73,74)/p+1/b14-11+,20-17+,22-19-,26-23-,29-28-,32-31-,59-56-. The molecule has 3 unspecified atom stereocenters. The Balaban J connectivity index is 5.05. The Bertz CT molecular complexity index is 1610. The van der Waals surface area contributed by atoms with E-state index in [9.17, 15) is 19.0 Å². The van der Waals surface area contributed by atoms with E-state index in [0.29, 0.717) is 17.4 Å². The van der Waals surface area contributed by atoms with Crippen molar-refractivity contribution in [3.05, 3.63) is 85.1 Å². The van der Waals surface area contributed by atoms with Crippen LogP contribution in [0.15, 0.2) is 85.1 Å². The van der Waals surface area contributed by atoms with Gasteiger partial charge < -0.3 is 19.4 Å². The monoisotopic (exact) mass is 1110 g/mol. The third kappa shape index (κ3) is 57.9. The quantitative estimate of drug-likeness (QED) is 0.0156. The number of hydrogen-bond acceptors (Lipinski definition) is 6. The molecule has 0 rings (SSSR count). The third-order valence-corrected chi connectivity index (χ3v) is 15.1. The minimum absolute atomic E-state index is 0.0333. The largest absolute Gasteiger partial charge is 0.472 e. The van der Waals surface area contributed by atoms with Gasteiger partial charge in [0.1, 0.15) is 19.3 Å². The molecule has 0 saturated carbocycles. The van der Waals surface area contributed by atoms with Gasteiger partial charge in [-0.25, -0.2) is 4.57 Å². The summed E-state index contributed by atoms with van der Waals surface area (Å²) in [4.78, 5) is 37.7. The molecule has 0 bridgehead atoms. The second-order valence-corrected chi connectivity index (χ2v) is 24.4. The molecule has 2 N–H and O–H groups in total. The fourth-order valence-corrected chi connectivity index (χ4v) is 9.86. The van der Waals surface area contributed by atoms with Crippen LogP contribution < -0.4 is 5.32 Å². The molecule has 0 radical (unpaired) electrons. The third-order valence-electron chi connectivity index (χ3n) is 14.1. The van der Waals surface area contributed by atoms with E-state index in [1.807, 2.05) is 33.3 Å². The molecule has 0 aromatic heterocycles. The number of unbranched alkanes of at least 4 members (excludes halogenated alkanes) is 32. The number of likely N-dealkylation sites (N-methyl/N-ethyl adjacent to an activating group) is 1. The number of carbonyl (C=O) groups excluding carboxylic acids is 2. The van der Waals surface area contributed by atoms with E-state index in [4.69, 9.17) is 13.8 Å². The number of amides is 1. The molecule has 0 aromatic rings. The maximum absolute atomic E-state index is 13.5. The second-order valence-electron chi connectivity index (χ2n) is 23.0. The van der Waals surface area contributed by atoms with Gasteiger partial charge in [0.2, 0.25) is 5.91 Å². The number of esters is 1. The lowest BCUT2D eigenvalue weighted by atomic mass is 10.0. The molecule has 0 aliphatic rings. The lowest BCUT2D eigenvalue weighted by Gasteiger charge is -2.27. The van der Waals surface area contributed by atoms with E-state index < -0.39 is 20.0 Å². The first-order valence-corrected chi connectivity index (χ1v) is 33.9. The highest BCUT2D eigenvalue weighted by atomic mass is 31.2. The molecule has 0 fully saturated rings. The molecule has 0 aromatic carbocycles. The molecule has 0 saturated heterocycles. The van der Waals surface area contributed by atoms with Gasteiger partial charge in [-0.1, -0.05) is 267 Å². The first kappa shape index (κ1) is 75.2. The molecule has 0 aliphatic heterocycles. The Morgan fingerprint density at radius 2 is 0.872 bits per heavy atom. The van der Waals surface area contributed by atoms with Gasteiger partial charge in [0.15, 0.2) is 0 Å². The molecule has 0 spiro atoms. The van der Waals surface area contributed by atoms with E-state index in [0.717, 1.165) is 96.3 Å². The van der Waals surface area contributed by atoms with Gasteiger partial charge >= 0.3 is 13.8 Å². The maximum atomic E-state index is 13.5. The Hall–Kier alpha value is -2.81. The van der Waals surface area contributed by atoms with Crippen molar-refractivity contribution in [2.45, 2.75) is 296 Å². The van der Waals surface area contributed by atoms with Gasteiger partial charge in [0.05, 0.1) is 33.8 Å². The number of phosphoric ester groups is 1. The Labute approximate surface area is 482 Å². The molecular formula is C68H124N2O7P+. The Morgan fingerprint density at radius 3 is 1.36 bits per heavy atom. The SMILES string of the molecule is CC/C=C/C=C/C=C\CCCCCCCC(=O)NC(COP(=O)(O)OCC[N+](C)(C)C)C(/C=C\CCCCCCCCCCCC)OC(=O)CCCCCCCCCCCCCCCC/C=C\C/C=C\C/C=C\CCCCC. The zero-order valence-electron chi connectivity index (χ0n) is 51.6. The van der Waals surface area contributed by atoms with Gasteiger partial charge in [-0.05, 0) is 89.5 Å². The molecule has 452 valence electrons. The highest BCUT2D eigenvalue weighted by Crippen LogP contribution is 2.43. The van der Waals surface area contributed by atoms with Crippen LogP contribution in [0.3, 0.4) is 0 Å².